The summed E-state index contributed by atoms with van der Waals surface area (Å²) >= 11 is 0. The van der Waals surface area contributed by atoms with Crippen LogP contribution in [-0.2, 0) is 4.74 Å². The second-order valence-corrected chi connectivity index (χ2v) is 5.87. The van der Waals surface area contributed by atoms with E-state index >= 15 is 0 Å². The Labute approximate surface area is 126 Å². The van der Waals surface area contributed by atoms with Crippen molar-refractivity contribution >= 4 is 11.7 Å². The van der Waals surface area contributed by atoms with Crippen LogP contribution in [0.15, 0.2) is 6.20 Å². The maximum Gasteiger partial charge on any atom is 0.225 e. The van der Waals surface area contributed by atoms with E-state index in [-0.39, 0.29) is 5.78 Å². The fourth-order valence-corrected chi connectivity index (χ4v) is 2.64. The highest BCUT2D eigenvalue weighted by atomic mass is 16.5. The van der Waals surface area contributed by atoms with Crippen LogP contribution >= 0.6 is 0 Å². The van der Waals surface area contributed by atoms with Crippen LogP contribution in [0.2, 0.25) is 0 Å². The molecular weight excluding hydrogens is 268 g/mol. The lowest BCUT2D eigenvalue weighted by Gasteiger charge is -2.25. The van der Waals surface area contributed by atoms with Crippen LogP contribution < -0.4 is 4.90 Å². The van der Waals surface area contributed by atoms with E-state index in [2.05, 4.69) is 33.9 Å². The van der Waals surface area contributed by atoms with Crippen LogP contribution in [0.4, 0.5) is 5.95 Å². The van der Waals surface area contributed by atoms with Crippen molar-refractivity contribution in [3.8, 4) is 0 Å². The molecule has 2 rings (SSSR count). The van der Waals surface area contributed by atoms with Gasteiger partial charge in [-0.05, 0) is 27.9 Å². The Morgan fingerprint density at radius 2 is 2.29 bits per heavy atom. The van der Waals surface area contributed by atoms with Gasteiger partial charge in [0.25, 0.3) is 0 Å². The number of Topliss-reactive ketones (excluding diaryl/α,β-unsaturated/α-hetero) is 1. The second kappa shape index (κ2) is 6.95. The Hall–Kier alpha value is -1.53. The molecule has 1 aromatic rings. The smallest absolute Gasteiger partial charge is 0.225 e. The van der Waals surface area contributed by atoms with Gasteiger partial charge in [-0.15, -0.1) is 0 Å². The predicted molar refractivity (Wildman–Crippen MR) is 81.8 cm³/mol. The molecule has 1 aromatic heterocycles. The Kier molecular flexibility index (Phi) is 5.25. The third-order valence-corrected chi connectivity index (χ3v) is 3.59. The second-order valence-electron chi connectivity index (χ2n) is 5.87. The minimum atomic E-state index is 0.00346. The average Bonchev–Trinajstić information content (AvgIpc) is 2.63. The summed E-state index contributed by atoms with van der Waals surface area (Å²) in [6.07, 6.45) is 1.63. The largest absolute Gasteiger partial charge is 0.379 e. The molecule has 1 aliphatic heterocycles. The minimum absolute atomic E-state index is 0.00346. The van der Waals surface area contributed by atoms with E-state index in [1.54, 1.807) is 6.20 Å². The molecule has 116 valence electrons. The number of carbonyl (C=O) groups is 1. The topological polar surface area (TPSA) is 58.6 Å². The number of ketones is 1. The molecule has 0 radical (unpaired) electrons. The Bertz CT molecular complexity index is 504. The van der Waals surface area contributed by atoms with Gasteiger partial charge >= 0.3 is 0 Å². The zero-order valence-corrected chi connectivity index (χ0v) is 13.3. The minimum Gasteiger partial charge on any atom is -0.379 e. The van der Waals surface area contributed by atoms with Crippen molar-refractivity contribution in [2.45, 2.75) is 13.8 Å². The van der Waals surface area contributed by atoms with Crippen molar-refractivity contribution < 1.29 is 9.53 Å². The first-order valence-electron chi connectivity index (χ1n) is 7.29. The average molecular weight is 292 g/mol. The van der Waals surface area contributed by atoms with Crippen molar-refractivity contribution in [3.05, 3.63) is 17.5 Å². The quantitative estimate of drug-likeness (QED) is 0.772. The van der Waals surface area contributed by atoms with Crippen LogP contribution in [0.5, 0.6) is 0 Å². The Morgan fingerprint density at radius 1 is 1.52 bits per heavy atom. The van der Waals surface area contributed by atoms with Crippen molar-refractivity contribution in [2.24, 2.45) is 5.92 Å². The summed E-state index contributed by atoms with van der Waals surface area (Å²) in [5.41, 5.74) is 1.33. The van der Waals surface area contributed by atoms with Gasteiger partial charge in [0.1, 0.15) is 0 Å². The zero-order chi connectivity index (χ0) is 15.4. The van der Waals surface area contributed by atoms with Gasteiger partial charge in [-0.2, -0.15) is 0 Å². The summed E-state index contributed by atoms with van der Waals surface area (Å²) in [6, 6.07) is 0. The summed E-state index contributed by atoms with van der Waals surface area (Å²) < 4.78 is 5.67. The summed E-state index contributed by atoms with van der Waals surface area (Å²) in [6.45, 7) is 7.46. The van der Waals surface area contributed by atoms with E-state index in [1.165, 1.54) is 6.92 Å². The monoisotopic (exact) mass is 292 g/mol. The fourth-order valence-electron chi connectivity index (χ4n) is 2.64. The van der Waals surface area contributed by atoms with Gasteiger partial charge in [-0.1, -0.05) is 0 Å². The van der Waals surface area contributed by atoms with Gasteiger partial charge in [0, 0.05) is 31.7 Å². The lowest BCUT2D eigenvalue weighted by molar-refractivity contribution is 0.101. The molecule has 0 amide bonds. The molecule has 21 heavy (non-hydrogen) atoms. The van der Waals surface area contributed by atoms with Crippen LogP contribution in [0.25, 0.3) is 0 Å². The van der Waals surface area contributed by atoms with Crippen molar-refractivity contribution in [1.82, 2.24) is 14.9 Å². The van der Waals surface area contributed by atoms with Gasteiger partial charge in [-0.25, -0.2) is 9.97 Å². The van der Waals surface area contributed by atoms with Crippen LogP contribution in [0.3, 0.4) is 0 Å². The van der Waals surface area contributed by atoms with E-state index in [0.717, 1.165) is 31.9 Å². The van der Waals surface area contributed by atoms with E-state index in [1.807, 2.05) is 6.92 Å². The lowest BCUT2D eigenvalue weighted by atomic mass is 10.1. The SMILES string of the molecule is CC(=O)c1cnc(N2CCOCC(CN(C)C)C2)nc1C. The first-order chi connectivity index (χ1) is 9.97. The molecule has 0 bridgehead atoms. The normalized spacial score (nSPS) is 19.7. The highest BCUT2D eigenvalue weighted by Gasteiger charge is 2.21. The summed E-state index contributed by atoms with van der Waals surface area (Å²) in [5, 5.41) is 0. The number of ether oxygens (including phenoxy) is 1. The van der Waals surface area contributed by atoms with Crippen molar-refractivity contribution in [2.75, 3.05) is 51.8 Å². The first-order valence-corrected chi connectivity index (χ1v) is 7.29. The molecular formula is C15H24N4O2. The molecule has 1 aliphatic rings. The van der Waals surface area contributed by atoms with Gasteiger partial charge in [0.15, 0.2) is 5.78 Å². The lowest BCUT2D eigenvalue weighted by Crippen LogP contribution is -2.35. The first kappa shape index (κ1) is 15.9. The molecule has 1 fully saturated rings. The highest BCUT2D eigenvalue weighted by Crippen LogP contribution is 2.16. The number of hydrogen-bond acceptors (Lipinski definition) is 6. The summed E-state index contributed by atoms with van der Waals surface area (Å²) in [5.74, 6) is 1.12. The van der Waals surface area contributed by atoms with E-state index in [9.17, 15) is 4.79 Å². The third kappa shape index (κ3) is 4.22. The molecule has 0 aromatic carbocycles. The standard InChI is InChI=1S/C15H24N4O2/c1-11-14(12(2)20)7-16-15(17-11)19-5-6-21-10-13(9-19)8-18(3)4/h7,13H,5-6,8-10H2,1-4H3. The number of anilines is 1. The maximum absolute atomic E-state index is 11.5. The third-order valence-electron chi connectivity index (χ3n) is 3.59. The molecule has 1 atom stereocenters. The van der Waals surface area contributed by atoms with Gasteiger partial charge in [0.05, 0.1) is 24.5 Å². The molecule has 0 spiro atoms. The highest BCUT2D eigenvalue weighted by molar-refractivity contribution is 5.94. The number of rotatable bonds is 4. The predicted octanol–water partition coefficient (Wildman–Crippen LogP) is 1.00. The molecule has 0 saturated carbocycles. The molecule has 1 saturated heterocycles. The van der Waals surface area contributed by atoms with E-state index in [4.69, 9.17) is 4.74 Å². The molecule has 6 nitrogen and oxygen atoms in total. The maximum atomic E-state index is 11.5. The van der Waals surface area contributed by atoms with Gasteiger partial charge in [0.2, 0.25) is 5.95 Å². The van der Waals surface area contributed by atoms with Crippen LogP contribution in [0.1, 0.15) is 23.0 Å². The van der Waals surface area contributed by atoms with E-state index < -0.39 is 0 Å². The summed E-state index contributed by atoms with van der Waals surface area (Å²) in [7, 11) is 4.13. The Balaban J connectivity index is 2.15. The summed E-state index contributed by atoms with van der Waals surface area (Å²) in [4.78, 5) is 24.6. The number of hydrogen-bond donors (Lipinski definition) is 0. The number of aryl methyl sites for hydroxylation is 1. The molecule has 6 heteroatoms. The molecule has 2 heterocycles. The molecule has 0 aliphatic carbocycles. The Morgan fingerprint density at radius 3 is 2.90 bits per heavy atom. The van der Waals surface area contributed by atoms with Crippen LogP contribution in [0, 0.1) is 12.8 Å². The van der Waals surface area contributed by atoms with Gasteiger partial charge in [-0.3, -0.25) is 4.79 Å². The van der Waals surface area contributed by atoms with E-state index in [0.29, 0.717) is 24.0 Å². The molecule has 0 N–H and O–H groups in total. The number of nitrogens with zero attached hydrogens (tertiary/aromatic N) is 4. The van der Waals surface area contributed by atoms with Crippen molar-refractivity contribution in [1.29, 1.82) is 0 Å². The van der Waals surface area contributed by atoms with Gasteiger partial charge < -0.3 is 14.5 Å². The van der Waals surface area contributed by atoms with Crippen molar-refractivity contribution in [3.63, 3.8) is 0 Å². The number of aromatic nitrogens is 2. The number of carbonyl (C=O) groups excluding carboxylic acids is 1. The zero-order valence-electron chi connectivity index (χ0n) is 13.3. The fraction of sp³-hybridized carbons (Fsp3) is 0.667. The van der Waals surface area contributed by atoms with Crippen LogP contribution in [-0.4, -0.2) is 67.6 Å². The molecule has 1 unspecified atom stereocenters.